The minimum Gasteiger partial charge on any atom is -0.375 e. The van der Waals surface area contributed by atoms with E-state index >= 15 is 0 Å². The number of nitrogens with zero attached hydrogens (tertiary/aromatic N) is 1. The van der Waals surface area contributed by atoms with Crippen LogP contribution in [-0.4, -0.2) is 24.8 Å². The van der Waals surface area contributed by atoms with Gasteiger partial charge in [0.2, 0.25) is 0 Å². The summed E-state index contributed by atoms with van der Waals surface area (Å²) in [7, 11) is 0. The molecule has 4 nitrogen and oxygen atoms in total. The van der Waals surface area contributed by atoms with Crippen molar-refractivity contribution in [2.45, 2.75) is 6.61 Å². The highest BCUT2D eigenvalue weighted by Crippen LogP contribution is 2.22. The second-order valence-electron chi connectivity index (χ2n) is 4.91. The van der Waals surface area contributed by atoms with Crippen LogP contribution in [0.4, 0.5) is 5.69 Å². The lowest BCUT2D eigenvalue weighted by atomic mass is 10.1. The van der Waals surface area contributed by atoms with Gasteiger partial charge in [0.1, 0.15) is 5.71 Å². The average Bonchev–Trinajstić information content (AvgIpc) is 2.85. The van der Waals surface area contributed by atoms with E-state index in [1.54, 1.807) is 0 Å². The molecular formula is C17H15ClN2O2. The molecule has 2 aromatic carbocycles. The number of fused-ring (bicyclic) bond motifs is 1. The van der Waals surface area contributed by atoms with Crippen LogP contribution in [0.3, 0.4) is 0 Å². The molecule has 1 aliphatic rings. The van der Waals surface area contributed by atoms with Gasteiger partial charge in [0.05, 0.1) is 25.4 Å². The van der Waals surface area contributed by atoms with Gasteiger partial charge in [0.25, 0.3) is 5.91 Å². The normalized spacial score (nSPS) is 15.0. The lowest BCUT2D eigenvalue weighted by Crippen LogP contribution is -2.15. The molecule has 112 valence electrons. The van der Waals surface area contributed by atoms with Crippen molar-refractivity contribution in [3.05, 3.63) is 64.7 Å². The summed E-state index contributed by atoms with van der Waals surface area (Å²) in [6.45, 7) is 1.41. The number of carbonyl (C=O) groups is 1. The summed E-state index contributed by atoms with van der Waals surface area (Å²) in [4.78, 5) is 16.2. The van der Waals surface area contributed by atoms with Crippen LogP contribution in [0.5, 0.6) is 0 Å². The molecule has 1 heterocycles. The van der Waals surface area contributed by atoms with Gasteiger partial charge in [-0.1, -0.05) is 41.9 Å². The molecule has 1 aliphatic heterocycles. The molecule has 2 aromatic rings. The summed E-state index contributed by atoms with van der Waals surface area (Å²) in [5, 5.41) is 3.51. The van der Waals surface area contributed by atoms with E-state index < -0.39 is 0 Å². The van der Waals surface area contributed by atoms with Crippen molar-refractivity contribution < 1.29 is 9.53 Å². The Labute approximate surface area is 133 Å². The van der Waals surface area contributed by atoms with Gasteiger partial charge in [0, 0.05) is 10.6 Å². The monoisotopic (exact) mass is 314 g/mol. The van der Waals surface area contributed by atoms with E-state index in [-0.39, 0.29) is 5.91 Å². The minimum atomic E-state index is -0.154. The van der Waals surface area contributed by atoms with Gasteiger partial charge in [-0.15, -0.1) is 0 Å². The first-order chi connectivity index (χ1) is 10.7. The van der Waals surface area contributed by atoms with Crippen molar-refractivity contribution in [3.63, 3.8) is 0 Å². The van der Waals surface area contributed by atoms with Crippen molar-refractivity contribution in [1.82, 2.24) is 0 Å². The van der Waals surface area contributed by atoms with Gasteiger partial charge in [-0.3, -0.25) is 9.79 Å². The topological polar surface area (TPSA) is 50.7 Å². The molecule has 1 amide bonds. The maximum Gasteiger partial charge on any atom is 0.274 e. The highest BCUT2D eigenvalue weighted by atomic mass is 35.5. The lowest BCUT2D eigenvalue weighted by molar-refractivity contribution is -0.110. The number of hydrogen-bond acceptors (Lipinski definition) is 3. The Kier molecular flexibility index (Phi) is 4.51. The Morgan fingerprint density at radius 3 is 2.68 bits per heavy atom. The van der Waals surface area contributed by atoms with Crippen LogP contribution in [-0.2, 0) is 16.1 Å². The smallest absolute Gasteiger partial charge is 0.274 e. The number of nitrogens with one attached hydrogen (secondary N) is 1. The van der Waals surface area contributed by atoms with Crippen molar-refractivity contribution >= 4 is 28.9 Å². The van der Waals surface area contributed by atoms with Gasteiger partial charge in [-0.25, -0.2) is 0 Å². The number of aliphatic imine (C=N–C) groups is 1. The second kappa shape index (κ2) is 6.73. The fourth-order valence-electron chi connectivity index (χ4n) is 2.25. The molecule has 0 radical (unpaired) electrons. The van der Waals surface area contributed by atoms with Crippen molar-refractivity contribution in [3.8, 4) is 0 Å². The number of halogens is 1. The van der Waals surface area contributed by atoms with Crippen LogP contribution in [0.1, 0.15) is 11.1 Å². The molecule has 0 bridgehead atoms. The maximum absolute atomic E-state index is 11.9. The number of rotatable bonds is 5. The number of carbonyl (C=O) groups excluding carboxylic acids is 1. The fraction of sp³-hybridized carbons (Fsp3) is 0.176. The summed E-state index contributed by atoms with van der Waals surface area (Å²) >= 11 is 5.83. The molecule has 5 heteroatoms. The Hall–Kier alpha value is -2.17. The third kappa shape index (κ3) is 3.35. The second-order valence-corrected chi connectivity index (χ2v) is 5.35. The maximum atomic E-state index is 11.9. The first kappa shape index (κ1) is 14.8. The molecule has 0 spiro atoms. The average molecular weight is 315 g/mol. The number of para-hydroxylation sites is 1. The molecule has 0 aliphatic carbocycles. The standard InChI is InChI=1S/C17H15ClN2O2/c18-13-7-5-12(6-8-13)11-22-10-9-19-16-14-3-1-2-4-15(14)20-17(16)21/h1-8H,9-11H2,(H,19,20,21). The lowest BCUT2D eigenvalue weighted by Gasteiger charge is -2.03. The number of anilines is 1. The zero-order valence-corrected chi connectivity index (χ0v) is 12.6. The van der Waals surface area contributed by atoms with E-state index in [9.17, 15) is 4.79 Å². The van der Waals surface area contributed by atoms with E-state index in [1.807, 2.05) is 48.5 Å². The Morgan fingerprint density at radius 2 is 1.86 bits per heavy atom. The molecule has 22 heavy (non-hydrogen) atoms. The molecule has 0 atom stereocenters. The fourth-order valence-corrected chi connectivity index (χ4v) is 2.38. The Bertz CT molecular complexity index is 711. The van der Waals surface area contributed by atoms with E-state index in [2.05, 4.69) is 10.3 Å². The minimum absolute atomic E-state index is 0.154. The predicted molar refractivity (Wildman–Crippen MR) is 87.6 cm³/mol. The molecule has 1 N–H and O–H groups in total. The first-order valence-corrected chi connectivity index (χ1v) is 7.39. The number of ether oxygens (including phenoxy) is 1. The number of hydrogen-bond donors (Lipinski definition) is 1. The van der Waals surface area contributed by atoms with Gasteiger partial charge in [-0.2, -0.15) is 0 Å². The quantitative estimate of drug-likeness (QED) is 0.861. The largest absolute Gasteiger partial charge is 0.375 e. The molecular weight excluding hydrogens is 300 g/mol. The van der Waals surface area contributed by atoms with Crippen LogP contribution in [0.15, 0.2) is 53.5 Å². The summed E-state index contributed by atoms with van der Waals surface area (Å²) in [6, 6.07) is 15.1. The molecule has 0 aromatic heterocycles. The van der Waals surface area contributed by atoms with Gasteiger partial charge < -0.3 is 10.1 Å². The number of benzene rings is 2. The van der Waals surface area contributed by atoms with E-state index in [0.29, 0.717) is 30.5 Å². The summed E-state index contributed by atoms with van der Waals surface area (Å²) in [5.74, 6) is -0.154. The highest BCUT2D eigenvalue weighted by molar-refractivity contribution is 6.53. The van der Waals surface area contributed by atoms with Crippen molar-refractivity contribution in [2.24, 2.45) is 4.99 Å². The summed E-state index contributed by atoms with van der Waals surface area (Å²) in [5.41, 5.74) is 3.20. The van der Waals surface area contributed by atoms with E-state index in [4.69, 9.17) is 16.3 Å². The number of amides is 1. The molecule has 0 saturated heterocycles. The Morgan fingerprint density at radius 1 is 1.09 bits per heavy atom. The summed E-state index contributed by atoms with van der Waals surface area (Å²) < 4.78 is 5.56. The van der Waals surface area contributed by atoms with Gasteiger partial charge >= 0.3 is 0 Å². The van der Waals surface area contributed by atoms with E-state index in [0.717, 1.165) is 16.8 Å². The molecule has 0 fully saturated rings. The first-order valence-electron chi connectivity index (χ1n) is 7.01. The van der Waals surface area contributed by atoms with Crippen LogP contribution < -0.4 is 5.32 Å². The van der Waals surface area contributed by atoms with Crippen LogP contribution in [0, 0.1) is 0 Å². The predicted octanol–water partition coefficient (Wildman–Crippen LogP) is 3.30. The van der Waals surface area contributed by atoms with Crippen LogP contribution in [0.25, 0.3) is 0 Å². The van der Waals surface area contributed by atoms with Crippen molar-refractivity contribution in [1.29, 1.82) is 0 Å². The highest BCUT2D eigenvalue weighted by Gasteiger charge is 2.24. The SMILES string of the molecule is O=C1Nc2ccccc2C1=NCCOCc1ccc(Cl)cc1. The zero-order chi connectivity index (χ0) is 15.4. The van der Waals surface area contributed by atoms with Crippen molar-refractivity contribution in [2.75, 3.05) is 18.5 Å². The molecule has 0 saturated carbocycles. The van der Waals surface area contributed by atoms with Crippen LogP contribution >= 0.6 is 11.6 Å². The van der Waals surface area contributed by atoms with Crippen LogP contribution in [0.2, 0.25) is 5.02 Å². The Balaban J connectivity index is 1.52. The zero-order valence-electron chi connectivity index (χ0n) is 11.9. The van der Waals surface area contributed by atoms with E-state index in [1.165, 1.54) is 0 Å². The van der Waals surface area contributed by atoms with Gasteiger partial charge in [0.15, 0.2) is 0 Å². The third-order valence-electron chi connectivity index (χ3n) is 3.33. The molecule has 3 rings (SSSR count). The molecule has 0 unspecified atom stereocenters. The summed E-state index contributed by atoms with van der Waals surface area (Å²) in [6.07, 6.45) is 0. The third-order valence-corrected chi connectivity index (χ3v) is 3.58. The van der Waals surface area contributed by atoms with Gasteiger partial charge in [-0.05, 0) is 23.8 Å².